The number of nitrogens with one attached hydrogen (secondary N) is 1. The zero-order valence-corrected chi connectivity index (χ0v) is 18.9. The summed E-state index contributed by atoms with van der Waals surface area (Å²) in [6, 6.07) is 13.5. The van der Waals surface area contributed by atoms with Crippen LogP contribution in [0.5, 0.6) is 5.75 Å². The Kier molecular flexibility index (Phi) is 7.21. The third-order valence-corrected chi connectivity index (χ3v) is 6.51. The van der Waals surface area contributed by atoms with Gasteiger partial charge in [0.2, 0.25) is 5.91 Å². The SMILES string of the molecule is COc1ccccc1CCNC(=O)CSc1nc(=O)n(Cc2ccccn2)c2c1CCC2. The number of methoxy groups -OCH3 is 1. The molecule has 1 N–H and O–H groups in total. The van der Waals surface area contributed by atoms with Crippen molar-refractivity contribution < 1.29 is 9.53 Å². The van der Waals surface area contributed by atoms with Crippen molar-refractivity contribution in [2.75, 3.05) is 19.4 Å². The van der Waals surface area contributed by atoms with E-state index in [-0.39, 0.29) is 17.3 Å². The molecule has 0 radical (unpaired) electrons. The number of hydrogen-bond donors (Lipinski definition) is 1. The number of fused-ring (bicyclic) bond motifs is 1. The summed E-state index contributed by atoms with van der Waals surface area (Å²) in [6.45, 7) is 0.945. The van der Waals surface area contributed by atoms with E-state index in [0.29, 0.717) is 24.5 Å². The lowest BCUT2D eigenvalue weighted by Crippen LogP contribution is -2.29. The van der Waals surface area contributed by atoms with E-state index in [9.17, 15) is 9.59 Å². The largest absolute Gasteiger partial charge is 0.496 e. The first-order chi connectivity index (χ1) is 15.7. The maximum atomic E-state index is 12.7. The molecular weight excluding hydrogens is 424 g/mol. The van der Waals surface area contributed by atoms with E-state index in [1.54, 1.807) is 17.9 Å². The minimum atomic E-state index is -0.282. The Labute approximate surface area is 191 Å². The molecular formula is C24H26N4O3S. The molecule has 166 valence electrons. The lowest BCUT2D eigenvalue weighted by Gasteiger charge is -2.14. The maximum Gasteiger partial charge on any atom is 0.349 e. The molecule has 0 bridgehead atoms. The molecule has 0 spiro atoms. The molecule has 0 aliphatic heterocycles. The van der Waals surface area contributed by atoms with Gasteiger partial charge in [0.15, 0.2) is 0 Å². The first-order valence-corrected chi connectivity index (χ1v) is 11.7. The molecule has 32 heavy (non-hydrogen) atoms. The van der Waals surface area contributed by atoms with Gasteiger partial charge in [0.1, 0.15) is 10.8 Å². The summed E-state index contributed by atoms with van der Waals surface area (Å²) < 4.78 is 7.07. The second kappa shape index (κ2) is 10.5. The number of thioether (sulfide) groups is 1. The molecule has 0 unspecified atom stereocenters. The van der Waals surface area contributed by atoms with E-state index < -0.39 is 0 Å². The molecule has 3 aromatic rings. The summed E-state index contributed by atoms with van der Waals surface area (Å²) in [7, 11) is 1.64. The molecule has 0 saturated carbocycles. The molecule has 7 nitrogen and oxygen atoms in total. The van der Waals surface area contributed by atoms with Gasteiger partial charge in [-0.25, -0.2) is 4.79 Å². The first-order valence-electron chi connectivity index (χ1n) is 10.7. The van der Waals surface area contributed by atoms with Gasteiger partial charge in [-0.05, 0) is 49.4 Å². The van der Waals surface area contributed by atoms with Gasteiger partial charge in [0.05, 0.1) is 25.1 Å². The zero-order chi connectivity index (χ0) is 22.3. The highest BCUT2D eigenvalue weighted by atomic mass is 32.2. The summed E-state index contributed by atoms with van der Waals surface area (Å²) in [6.07, 6.45) is 5.13. The molecule has 2 aromatic heterocycles. The van der Waals surface area contributed by atoms with Gasteiger partial charge in [0, 0.05) is 24.0 Å². The number of nitrogens with zero attached hydrogens (tertiary/aromatic N) is 3. The quantitative estimate of drug-likeness (QED) is 0.398. The Balaban J connectivity index is 1.37. The maximum absolute atomic E-state index is 12.7. The first kappa shape index (κ1) is 22.1. The minimum Gasteiger partial charge on any atom is -0.496 e. The molecule has 1 aromatic carbocycles. The standard InChI is InChI=1S/C24H26N4O3S/c1-31-21-11-3-2-7-17(21)12-14-26-22(29)16-32-23-19-9-6-10-20(19)28(24(30)27-23)15-18-8-4-5-13-25-18/h2-5,7-8,11,13H,6,9-10,12,14-16H2,1H3,(H,26,29). The van der Waals surface area contributed by atoms with Crippen molar-refractivity contribution in [3.63, 3.8) is 0 Å². The number of rotatable bonds is 9. The van der Waals surface area contributed by atoms with E-state index in [0.717, 1.165) is 47.5 Å². The highest BCUT2D eigenvalue weighted by Gasteiger charge is 2.22. The third kappa shape index (κ3) is 5.19. The van der Waals surface area contributed by atoms with Crippen molar-refractivity contribution in [2.24, 2.45) is 0 Å². The van der Waals surface area contributed by atoms with Gasteiger partial charge in [-0.1, -0.05) is 36.0 Å². The normalized spacial score (nSPS) is 12.4. The smallest absolute Gasteiger partial charge is 0.349 e. The summed E-state index contributed by atoms with van der Waals surface area (Å²) >= 11 is 1.34. The van der Waals surface area contributed by atoms with Crippen LogP contribution in [-0.4, -0.2) is 39.8 Å². The number of hydrogen-bond acceptors (Lipinski definition) is 6. The number of carbonyl (C=O) groups is 1. The van der Waals surface area contributed by atoms with Crippen LogP contribution in [-0.2, 0) is 30.6 Å². The van der Waals surface area contributed by atoms with Crippen molar-refractivity contribution in [1.29, 1.82) is 0 Å². The van der Waals surface area contributed by atoms with Crippen LogP contribution in [0, 0.1) is 0 Å². The molecule has 8 heteroatoms. The van der Waals surface area contributed by atoms with Gasteiger partial charge in [0.25, 0.3) is 0 Å². The van der Waals surface area contributed by atoms with Crippen molar-refractivity contribution in [3.8, 4) is 5.75 Å². The van der Waals surface area contributed by atoms with Gasteiger partial charge in [-0.15, -0.1) is 0 Å². The fraction of sp³-hybridized carbons (Fsp3) is 0.333. The van der Waals surface area contributed by atoms with Crippen molar-refractivity contribution in [2.45, 2.75) is 37.3 Å². The Bertz CT molecular complexity index is 1150. The third-order valence-electron chi connectivity index (χ3n) is 5.50. The fourth-order valence-corrected chi connectivity index (χ4v) is 4.86. The lowest BCUT2D eigenvalue weighted by molar-refractivity contribution is -0.118. The van der Waals surface area contributed by atoms with Crippen LogP contribution in [0.1, 0.15) is 28.9 Å². The molecule has 2 heterocycles. The molecule has 1 amide bonds. The number of para-hydroxylation sites is 1. The van der Waals surface area contributed by atoms with Crippen molar-refractivity contribution in [3.05, 3.63) is 81.7 Å². The molecule has 0 saturated heterocycles. The van der Waals surface area contributed by atoms with E-state index in [4.69, 9.17) is 4.74 Å². The highest BCUT2D eigenvalue weighted by molar-refractivity contribution is 7.99. The van der Waals surface area contributed by atoms with Gasteiger partial charge >= 0.3 is 5.69 Å². The van der Waals surface area contributed by atoms with Crippen LogP contribution in [0.3, 0.4) is 0 Å². The average molecular weight is 451 g/mol. The number of ether oxygens (including phenoxy) is 1. The van der Waals surface area contributed by atoms with E-state index in [1.165, 1.54) is 11.8 Å². The van der Waals surface area contributed by atoms with Crippen LogP contribution >= 0.6 is 11.8 Å². The zero-order valence-electron chi connectivity index (χ0n) is 18.0. The Morgan fingerprint density at radius 1 is 1.19 bits per heavy atom. The fourth-order valence-electron chi connectivity index (χ4n) is 3.95. The lowest BCUT2D eigenvalue weighted by atomic mass is 10.1. The van der Waals surface area contributed by atoms with E-state index in [1.807, 2.05) is 42.5 Å². The number of carbonyl (C=O) groups excluding carboxylic acids is 1. The molecule has 0 fully saturated rings. The highest BCUT2D eigenvalue weighted by Crippen LogP contribution is 2.29. The van der Waals surface area contributed by atoms with E-state index >= 15 is 0 Å². The van der Waals surface area contributed by atoms with Crippen LogP contribution in [0.4, 0.5) is 0 Å². The van der Waals surface area contributed by atoms with Crippen molar-refractivity contribution >= 4 is 17.7 Å². The van der Waals surface area contributed by atoms with Crippen LogP contribution in [0.15, 0.2) is 58.5 Å². The van der Waals surface area contributed by atoms with Crippen LogP contribution in [0.2, 0.25) is 0 Å². The molecule has 0 atom stereocenters. The Hall–Kier alpha value is -3.13. The van der Waals surface area contributed by atoms with E-state index in [2.05, 4.69) is 15.3 Å². The second-order valence-corrected chi connectivity index (χ2v) is 8.55. The summed E-state index contributed by atoms with van der Waals surface area (Å²) in [5, 5.41) is 3.62. The topological polar surface area (TPSA) is 86.1 Å². The summed E-state index contributed by atoms with van der Waals surface area (Å²) in [5.74, 6) is 0.980. The predicted octanol–water partition coefficient (Wildman–Crippen LogP) is 2.63. The van der Waals surface area contributed by atoms with Gasteiger partial charge in [-0.2, -0.15) is 4.98 Å². The number of aromatic nitrogens is 3. The van der Waals surface area contributed by atoms with Crippen molar-refractivity contribution in [1.82, 2.24) is 19.9 Å². The summed E-state index contributed by atoms with van der Waals surface area (Å²) in [4.78, 5) is 33.7. The van der Waals surface area contributed by atoms with Gasteiger partial charge < -0.3 is 10.1 Å². The van der Waals surface area contributed by atoms with Crippen LogP contribution in [0.25, 0.3) is 0 Å². The Morgan fingerprint density at radius 3 is 2.84 bits per heavy atom. The molecule has 1 aliphatic rings. The average Bonchev–Trinajstić information content (AvgIpc) is 3.31. The van der Waals surface area contributed by atoms with Crippen LogP contribution < -0.4 is 15.7 Å². The number of pyridine rings is 1. The summed E-state index contributed by atoms with van der Waals surface area (Å²) in [5.41, 5.74) is 3.72. The molecule has 1 aliphatic carbocycles. The predicted molar refractivity (Wildman–Crippen MR) is 124 cm³/mol. The molecule has 4 rings (SSSR count). The monoisotopic (exact) mass is 450 g/mol. The minimum absolute atomic E-state index is 0.0730. The Morgan fingerprint density at radius 2 is 2.03 bits per heavy atom. The number of benzene rings is 1. The second-order valence-electron chi connectivity index (χ2n) is 7.59. The van der Waals surface area contributed by atoms with Gasteiger partial charge in [-0.3, -0.25) is 14.3 Å². The number of amides is 1.